The summed E-state index contributed by atoms with van der Waals surface area (Å²) >= 11 is 0. The Morgan fingerprint density at radius 2 is 2.18 bits per heavy atom. The Kier molecular flexibility index (Phi) is 4.94. The molecule has 64 valence electrons. The summed E-state index contributed by atoms with van der Waals surface area (Å²) in [7, 11) is 0.508. The molecule has 0 aliphatic carbocycles. The van der Waals surface area contributed by atoms with E-state index >= 15 is 0 Å². The summed E-state index contributed by atoms with van der Waals surface area (Å²) in [5.74, 6) is -0.848. The maximum absolute atomic E-state index is 10.7. The van der Waals surface area contributed by atoms with Gasteiger partial charge >= 0.3 is 14.7 Å². The third kappa shape index (κ3) is 3.41. The Morgan fingerprint density at radius 3 is 2.45 bits per heavy atom. The van der Waals surface area contributed by atoms with Crippen LogP contribution in [0.25, 0.3) is 0 Å². The lowest BCUT2D eigenvalue weighted by Gasteiger charge is -2.13. The molecule has 0 amide bonds. The number of methoxy groups -OCH3 is 1. The van der Waals surface area contributed by atoms with Gasteiger partial charge in [0.15, 0.2) is 6.10 Å². The van der Waals surface area contributed by atoms with Crippen LogP contribution in [0.4, 0.5) is 0 Å². The smallest absolute Gasteiger partial charge is 0.390 e. The van der Waals surface area contributed by atoms with E-state index in [0.29, 0.717) is 0 Å². The molecule has 0 bridgehead atoms. The van der Waals surface area contributed by atoms with E-state index in [1.165, 1.54) is 14.0 Å². The molecule has 0 aromatic heterocycles. The van der Waals surface area contributed by atoms with Gasteiger partial charge in [-0.05, 0) is 6.92 Å². The predicted octanol–water partition coefficient (Wildman–Crippen LogP) is 0.132. The van der Waals surface area contributed by atoms with Crippen molar-refractivity contribution in [2.45, 2.75) is 19.1 Å². The van der Waals surface area contributed by atoms with Crippen molar-refractivity contribution in [1.29, 1.82) is 0 Å². The van der Waals surface area contributed by atoms with Crippen LogP contribution in [-0.4, -0.2) is 30.4 Å². The third-order valence-corrected chi connectivity index (χ3v) is 1.31. The van der Waals surface area contributed by atoms with Crippen molar-refractivity contribution in [3.63, 3.8) is 0 Å². The van der Waals surface area contributed by atoms with Crippen LogP contribution in [0.2, 0.25) is 0 Å². The van der Waals surface area contributed by atoms with Crippen LogP contribution in [0, 0.1) is 0 Å². The molecule has 0 heterocycles. The molecule has 11 heavy (non-hydrogen) atoms. The van der Waals surface area contributed by atoms with E-state index in [2.05, 4.69) is 9.26 Å². The van der Waals surface area contributed by atoms with Gasteiger partial charge in [0.2, 0.25) is 0 Å². The molecular formula is C5H9O5P. The normalized spacial score (nSPS) is 15.9. The quantitative estimate of drug-likeness (QED) is 0.622. The SMILES string of the molecule is COC(C(=O)OP=O)C(C)O. The second-order valence-corrected chi connectivity index (χ2v) is 2.21. The summed E-state index contributed by atoms with van der Waals surface area (Å²) in [4.78, 5) is 10.7. The van der Waals surface area contributed by atoms with Crippen molar-refractivity contribution in [3.05, 3.63) is 0 Å². The molecule has 0 rings (SSSR count). The monoisotopic (exact) mass is 180 g/mol. The fraction of sp³-hybridized carbons (Fsp3) is 0.800. The molecule has 0 spiro atoms. The number of aliphatic hydroxyl groups excluding tert-OH is 1. The minimum absolute atomic E-state index is 0.742. The highest BCUT2D eigenvalue weighted by Crippen LogP contribution is 2.05. The van der Waals surface area contributed by atoms with Crippen molar-refractivity contribution in [1.82, 2.24) is 0 Å². The van der Waals surface area contributed by atoms with Gasteiger partial charge in [-0.25, -0.2) is 9.36 Å². The lowest BCUT2D eigenvalue weighted by atomic mass is 10.2. The van der Waals surface area contributed by atoms with Crippen molar-refractivity contribution in [2.75, 3.05) is 7.11 Å². The zero-order valence-electron chi connectivity index (χ0n) is 6.18. The van der Waals surface area contributed by atoms with Crippen molar-refractivity contribution in [3.8, 4) is 0 Å². The molecule has 6 heteroatoms. The first kappa shape index (κ1) is 10.5. The van der Waals surface area contributed by atoms with E-state index in [-0.39, 0.29) is 0 Å². The number of carbonyl (C=O) groups excluding carboxylic acids is 1. The van der Waals surface area contributed by atoms with Crippen molar-refractivity contribution >= 4 is 14.7 Å². The standard InChI is InChI=1S/C5H9O5P/c1-3(6)4(9-2)5(7)10-11-8/h3-4,6H,1-2H3. The lowest BCUT2D eigenvalue weighted by molar-refractivity contribution is -0.150. The first-order valence-electron chi connectivity index (χ1n) is 2.87. The summed E-state index contributed by atoms with van der Waals surface area (Å²) in [6.45, 7) is 1.37. The first-order chi connectivity index (χ1) is 5.13. The van der Waals surface area contributed by atoms with Crippen LogP contribution in [0.3, 0.4) is 0 Å². The van der Waals surface area contributed by atoms with Gasteiger partial charge in [-0.2, -0.15) is 0 Å². The molecule has 0 aliphatic rings. The van der Waals surface area contributed by atoms with Gasteiger partial charge in [0.25, 0.3) is 0 Å². The topological polar surface area (TPSA) is 72.8 Å². The fourth-order valence-corrected chi connectivity index (χ4v) is 0.756. The Balaban J connectivity index is 4.02. The second-order valence-electron chi connectivity index (χ2n) is 1.88. The number of hydrogen-bond donors (Lipinski definition) is 1. The zero-order valence-corrected chi connectivity index (χ0v) is 7.08. The van der Waals surface area contributed by atoms with Gasteiger partial charge in [-0.15, -0.1) is 0 Å². The first-order valence-corrected chi connectivity index (χ1v) is 3.61. The lowest BCUT2D eigenvalue weighted by Crippen LogP contribution is -2.33. The summed E-state index contributed by atoms with van der Waals surface area (Å²) in [6.07, 6.45) is -2.05. The van der Waals surface area contributed by atoms with Gasteiger partial charge in [0, 0.05) is 7.11 Å². The molecule has 0 saturated heterocycles. The average molecular weight is 180 g/mol. The zero-order chi connectivity index (χ0) is 8.85. The van der Waals surface area contributed by atoms with Crippen molar-refractivity contribution in [2.24, 2.45) is 0 Å². The second kappa shape index (κ2) is 5.18. The number of hydrogen-bond acceptors (Lipinski definition) is 5. The van der Waals surface area contributed by atoms with Crippen LogP contribution in [0.1, 0.15) is 6.92 Å². The third-order valence-electron chi connectivity index (χ3n) is 1.05. The molecule has 0 fully saturated rings. The maximum atomic E-state index is 10.7. The van der Waals surface area contributed by atoms with Gasteiger partial charge in [0.1, 0.15) is 0 Å². The summed E-state index contributed by atoms with van der Waals surface area (Å²) < 4.78 is 18.4. The summed E-state index contributed by atoms with van der Waals surface area (Å²) in [5.41, 5.74) is 0. The summed E-state index contributed by atoms with van der Waals surface area (Å²) in [6, 6.07) is 0. The van der Waals surface area contributed by atoms with Crippen LogP contribution in [0.5, 0.6) is 0 Å². The molecule has 2 atom stereocenters. The molecule has 5 nitrogen and oxygen atoms in total. The fourth-order valence-electron chi connectivity index (χ4n) is 0.579. The highest BCUT2D eigenvalue weighted by Gasteiger charge is 2.24. The Labute approximate surface area is 65.6 Å². The molecule has 1 N–H and O–H groups in total. The highest BCUT2D eigenvalue weighted by molar-refractivity contribution is 7.18. The van der Waals surface area contributed by atoms with Crippen LogP contribution < -0.4 is 0 Å². The number of rotatable bonds is 4. The van der Waals surface area contributed by atoms with E-state index in [1.54, 1.807) is 0 Å². The van der Waals surface area contributed by atoms with Crippen molar-refractivity contribution < 1.29 is 23.7 Å². The average Bonchev–Trinajstić information content (AvgIpc) is 1.88. The van der Waals surface area contributed by atoms with Gasteiger partial charge in [-0.3, -0.25) is 0 Å². The molecule has 0 saturated carbocycles. The van der Waals surface area contributed by atoms with E-state index in [0.717, 1.165) is 0 Å². The van der Waals surface area contributed by atoms with E-state index in [1.807, 2.05) is 0 Å². The number of carbonyl (C=O) groups is 1. The van der Waals surface area contributed by atoms with Crippen LogP contribution in [-0.2, 0) is 18.6 Å². The maximum Gasteiger partial charge on any atom is 0.398 e. The van der Waals surface area contributed by atoms with E-state index < -0.39 is 26.9 Å². The minimum Gasteiger partial charge on any atom is -0.390 e. The minimum atomic E-state index is -1.07. The van der Waals surface area contributed by atoms with Crippen LogP contribution >= 0.6 is 8.69 Å². The molecule has 0 aromatic rings. The summed E-state index contributed by atoms with van der Waals surface area (Å²) in [5, 5.41) is 8.88. The Morgan fingerprint density at radius 1 is 1.64 bits per heavy atom. The molecule has 0 radical (unpaired) electrons. The largest absolute Gasteiger partial charge is 0.398 e. The van der Waals surface area contributed by atoms with E-state index in [4.69, 9.17) is 5.11 Å². The van der Waals surface area contributed by atoms with Gasteiger partial charge in [-0.1, -0.05) is 0 Å². The van der Waals surface area contributed by atoms with Gasteiger partial charge < -0.3 is 14.4 Å². The van der Waals surface area contributed by atoms with Crippen LogP contribution in [0.15, 0.2) is 0 Å². The Hall–Kier alpha value is -0.510. The molecule has 0 aliphatic heterocycles. The number of ether oxygens (including phenoxy) is 1. The molecule has 0 aromatic carbocycles. The number of aliphatic hydroxyl groups is 1. The van der Waals surface area contributed by atoms with Gasteiger partial charge in [0.05, 0.1) is 6.10 Å². The highest BCUT2D eigenvalue weighted by atomic mass is 31.1. The molecule has 2 unspecified atom stereocenters. The predicted molar refractivity (Wildman–Crippen MR) is 36.2 cm³/mol. The Bertz CT molecular complexity index is 146. The van der Waals surface area contributed by atoms with E-state index in [9.17, 15) is 9.36 Å². The molecular weight excluding hydrogens is 171 g/mol.